The normalized spacial score (nSPS) is 16.1. The second kappa shape index (κ2) is 7.87. The summed E-state index contributed by atoms with van der Waals surface area (Å²) in [5.74, 6) is -1.12. The first-order chi connectivity index (χ1) is 9.45. The molecule has 0 radical (unpaired) electrons. The van der Waals surface area contributed by atoms with E-state index in [2.05, 4.69) is 5.32 Å². The Hall–Kier alpha value is -1.59. The minimum absolute atomic E-state index is 0.155. The number of hydrogen-bond acceptors (Lipinski definition) is 4. The predicted molar refractivity (Wildman–Crippen MR) is 73.8 cm³/mol. The minimum atomic E-state index is -0.562. The van der Waals surface area contributed by atoms with Gasteiger partial charge in [-0.2, -0.15) is 0 Å². The zero-order valence-electron chi connectivity index (χ0n) is 12.5. The van der Waals surface area contributed by atoms with Gasteiger partial charge in [0.1, 0.15) is 0 Å². The van der Waals surface area contributed by atoms with Crippen molar-refractivity contribution in [2.75, 3.05) is 26.2 Å². The molecule has 114 valence electrons. The van der Waals surface area contributed by atoms with E-state index in [9.17, 15) is 14.4 Å². The molecule has 0 unspecified atom stereocenters. The van der Waals surface area contributed by atoms with Crippen LogP contribution in [-0.2, 0) is 19.1 Å². The molecule has 1 fully saturated rings. The summed E-state index contributed by atoms with van der Waals surface area (Å²) in [5, 5.41) is 2.61. The Labute approximate surface area is 119 Å². The standard InChI is InChI=1S/C14H24N2O4/c1-4-20-14(19)11-5-7-16(8-6-11)13(18)12(17)15-9-10(2)3/h10-11H,4-9H2,1-3H3,(H,15,17). The van der Waals surface area contributed by atoms with Gasteiger partial charge >= 0.3 is 17.8 Å². The number of ether oxygens (including phenoxy) is 1. The summed E-state index contributed by atoms with van der Waals surface area (Å²) in [6.45, 7) is 7.43. The first-order valence-corrected chi connectivity index (χ1v) is 7.19. The van der Waals surface area contributed by atoms with Crippen molar-refractivity contribution in [2.24, 2.45) is 11.8 Å². The van der Waals surface area contributed by atoms with Crippen molar-refractivity contribution in [2.45, 2.75) is 33.6 Å². The number of rotatable bonds is 4. The van der Waals surface area contributed by atoms with Gasteiger partial charge in [-0.05, 0) is 25.7 Å². The van der Waals surface area contributed by atoms with Gasteiger partial charge < -0.3 is 15.0 Å². The lowest BCUT2D eigenvalue weighted by molar-refractivity contribution is -0.152. The second-order valence-corrected chi connectivity index (χ2v) is 5.42. The molecular formula is C14H24N2O4. The van der Waals surface area contributed by atoms with Crippen LogP contribution in [0.3, 0.4) is 0 Å². The van der Waals surface area contributed by atoms with E-state index in [0.717, 1.165) is 0 Å². The second-order valence-electron chi connectivity index (χ2n) is 5.42. The van der Waals surface area contributed by atoms with E-state index in [1.165, 1.54) is 4.90 Å². The van der Waals surface area contributed by atoms with Crippen LogP contribution in [0.2, 0.25) is 0 Å². The molecule has 20 heavy (non-hydrogen) atoms. The van der Waals surface area contributed by atoms with Crippen molar-refractivity contribution in [1.82, 2.24) is 10.2 Å². The summed E-state index contributed by atoms with van der Waals surface area (Å²) < 4.78 is 4.97. The summed E-state index contributed by atoms with van der Waals surface area (Å²) in [7, 11) is 0. The Morgan fingerprint density at radius 3 is 2.35 bits per heavy atom. The monoisotopic (exact) mass is 284 g/mol. The lowest BCUT2D eigenvalue weighted by Gasteiger charge is -2.30. The SMILES string of the molecule is CCOC(=O)C1CCN(C(=O)C(=O)NCC(C)C)CC1. The number of likely N-dealkylation sites (tertiary alicyclic amines) is 1. The van der Waals surface area contributed by atoms with Crippen molar-refractivity contribution >= 4 is 17.8 Å². The van der Waals surface area contributed by atoms with Crippen LogP contribution < -0.4 is 5.32 Å². The van der Waals surface area contributed by atoms with Crippen LogP contribution in [-0.4, -0.2) is 48.9 Å². The van der Waals surface area contributed by atoms with Crippen LogP contribution in [0.15, 0.2) is 0 Å². The lowest BCUT2D eigenvalue weighted by Crippen LogP contribution is -2.47. The molecule has 0 bridgehead atoms. The summed E-state index contributed by atoms with van der Waals surface area (Å²) >= 11 is 0. The van der Waals surface area contributed by atoms with Crippen molar-refractivity contribution in [1.29, 1.82) is 0 Å². The number of hydrogen-bond donors (Lipinski definition) is 1. The average Bonchev–Trinajstić information content (AvgIpc) is 2.44. The number of piperidine rings is 1. The van der Waals surface area contributed by atoms with E-state index in [-0.39, 0.29) is 11.9 Å². The number of esters is 1. The molecular weight excluding hydrogens is 260 g/mol. The highest BCUT2D eigenvalue weighted by Crippen LogP contribution is 2.18. The molecule has 0 atom stereocenters. The molecule has 1 aliphatic heterocycles. The van der Waals surface area contributed by atoms with E-state index < -0.39 is 11.8 Å². The van der Waals surface area contributed by atoms with Crippen LogP contribution in [0.25, 0.3) is 0 Å². The average molecular weight is 284 g/mol. The summed E-state index contributed by atoms with van der Waals surface area (Å²) in [4.78, 5) is 36.7. The quantitative estimate of drug-likeness (QED) is 0.604. The number of carbonyl (C=O) groups excluding carboxylic acids is 3. The largest absolute Gasteiger partial charge is 0.466 e. The number of nitrogens with zero attached hydrogens (tertiary/aromatic N) is 1. The van der Waals surface area contributed by atoms with Crippen LogP contribution in [0, 0.1) is 11.8 Å². The van der Waals surface area contributed by atoms with E-state index in [1.54, 1.807) is 6.92 Å². The molecule has 0 aromatic rings. The third-order valence-corrected chi connectivity index (χ3v) is 3.27. The minimum Gasteiger partial charge on any atom is -0.466 e. The Morgan fingerprint density at radius 2 is 1.85 bits per heavy atom. The lowest BCUT2D eigenvalue weighted by atomic mass is 9.97. The van der Waals surface area contributed by atoms with Crippen molar-refractivity contribution in [3.05, 3.63) is 0 Å². The maximum Gasteiger partial charge on any atom is 0.311 e. The Kier molecular flexibility index (Phi) is 6.48. The molecule has 0 aliphatic carbocycles. The molecule has 6 heteroatoms. The molecule has 1 heterocycles. The smallest absolute Gasteiger partial charge is 0.311 e. The third-order valence-electron chi connectivity index (χ3n) is 3.27. The summed E-state index contributed by atoms with van der Waals surface area (Å²) in [6.07, 6.45) is 1.12. The van der Waals surface area contributed by atoms with E-state index >= 15 is 0 Å². The molecule has 0 spiro atoms. The van der Waals surface area contributed by atoms with Gasteiger partial charge in [-0.15, -0.1) is 0 Å². The molecule has 2 amide bonds. The first-order valence-electron chi connectivity index (χ1n) is 7.19. The third kappa shape index (κ3) is 4.83. The van der Waals surface area contributed by atoms with Gasteiger partial charge in [0.05, 0.1) is 12.5 Å². The van der Waals surface area contributed by atoms with Crippen LogP contribution in [0.5, 0.6) is 0 Å². The summed E-state index contributed by atoms with van der Waals surface area (Å²) in [5.41, 5.74) is 0. The maximum atomic E-state index is 11.9. The Morgan fingerprint density at radius 1 is 1.25 bits per heavy atom. The molecule has 0 saturated carbocycles. The van der Waals surface area contributed by atoms with E-state index in [1.807, 2.05) is 13.8 Å². The molecule has 1 aliphatic rings. The highest BCUT2D eigenvalue weighted by molar-refractivity contribution is 6.35. The van der Waals surface area contributed by atoms with Crippen molar-refractivity contribution in [3.8, 4) is 0 Å². The van der Waals surface area contributed by atoms with Crippen molar-refractivity contribution < 1.29 is 19.1 Å². The predicted octanol–water partition coefficient (Wildman–Crippen LogP) is 0.560. The van der Waals surface area contributed by atoms with Gasteiger partial charge in [0, 0.05) is 19.6 Å². The first kappa shape index (κ1) is 16.5. The van der Waals surface area contributed by atoms with Gasteiger partial charge in [-0.3, -0.25) is 14.4 Å². The number of carbonyl (C=O) groups is 3. The fourth-order valence-electron chi connectivity index (χ4n) is 2.09. The zero-order chi connectivity index (χ0) is 15.1. The summed E-state index contributed by atoms with van der Waals surface area (Å²) in [6, 6.07) is 0. The number of nitrogens with one attached hydrogen (secondary N) is 1. The molecule has 0 aromatic heterocycles. The Balaban J connectivity index is 2.39. The van der Waals surface area contributed by atoms with Gasteiger partial charge in [-0.1, -0.05) is 13.8 Å². The molecule has 1 saturated heterocycles. The Bertz CT molecular complexity index is 360. The van der Waals surface area contributed by atoms with Gasteiger partial charge in [0.25, 0.3) is 0 Å². The molecule has 6 nitrogen and oxygen atoms in total. The van der Waals surface area contributed by atoms with Crippen molar-refractivity contribution in [3.63, 3.8) is 0 Å². The highest BCUT2D eigenvalue weighted by atomic mass is 16.5. The molecule has 0 aromatic carbocycles. The van der Waals surface area contributed by atoms with Gasteiger partial charge in [-0.25, -0.2) is 0 Å². The van der Waals surface area contributed by atoms with Crippen LogP contribution in [0.4, 0.5) is 0 Å². The van der Waals surface area contributed by atoms with E-state index in [0.29, 0.717) is 45.0 Å². The van der Waals surface area contributed by atoms with E-state index in [4.69, 9.17) is 4.74 Å². The number of amides is 2. The molecule has 1 N–H and O–H groups in total. The highest BCUT2D eigenvalue weighted by Gasteiger charge is 2.30. The molecule has 1 rings (SSSR count). The fourth-order valence-corrected chi connectivity index (χ4v) is 2.09. The van der Waals surface area contributed by atoms with Gasteiger partial charge in [0.2, 0.25) is 0 Å². The van der Waals surface area contributed by atoms with Crippen LogP contribution >= 0.6 is 0 Å². The topological polar surface area (TPSA) is 75.7 Å². The zero-order valence-corrected chi connectivity index (χ0v) is 12.5. The van der Waals surface area contributed by atoms with Gasteiger partial charge in [0.15, 0.2) is 0 Å². The fraction of sp³-hybridized carbons (Fsp3) is 0.786. The van der Waals surface area contributed by atoms with Crippen LogP contribution in [0.1, 0.15) is 33.6 Å². The maximum absolute atomic E-state index is 11.9.